The smallest absolute Gasteiger partial charge is 0.273 e. The summed E-state index contributed by atoms with van der Waals surface area (Å²) in [6.45, 7) is 3.80. The van der Waals surface area contributed by atoms with Gasteiger partial charge in [0, 0.05) is 0 Å². The first-order chi connectivity index (χ1) is 21.2. The number of hydrazine groups is 1. The van der Waals surface area contributed by atoms with E-state index in [0.717, 1.165) is 16.0 Å². The quantitative estimate of drug-likeness (QED) is 0.159. The van der Waals surface area contributed by atoms with Crippen molar-refractivity contribution >= 4 is 35.7 Å². The molecule has 0 bridgehead atoms. The van der Waals surface area contributed by atoms with Gasteiger partial charge in [0.25, 0.3) is 0 Å². The van der Waals surface area contributed by atoms with Crippen molar-refractivity contribution in [1.82, 2.24) is 20.8 Å². The van der Waals surface area contributed by atoms with E-state index in [1.54, 1.807) is 36.4 Å². The highest BCUT2D eigenvalue weighted by atomic mass is 16.6. The van der Waals surface area contributed by atoms with Crippen molar-refractivity contribution in [3.63, 3.8) is 0 Å². The van der Waals surface area contributed by atoms with Gasteiger partial charge < -0.3 is 0 Å². The van der Waals surface area contributed by atoms with E-state index < -0.39 is 41.5 Å². The minimum absolute atomic E-state index is 0.0226. The van der Waals surface area contributed by atoms with Crippen molar-refractivity contribution in [1.29, 1.82) is 0 Å². The summed E-state index contributed by atoms with van der Waals surface area (Å²) in [4.78, 5) is 72.1. The highest BCUT2D eigenvalue weighted by molar-refractivity contribution is 6.44. The van der Waals surface area contributed by atoms with E-state index in [2.05, 4.69) is 10.9 Å². The standard InChI is InChI=1S/C34H36N4O6/c1-24(2)21-29(30(39)35-38-33(42)32(41)37(34(38)43)22-26-15-8-4-9-16-26)28(20-12-19-25-13-6-3-7-14-25)31(40)36-44-23-27-17-10-5-11-18-27/h3-19,24,28-29H,20-23H2,1-2H3,(H,35,39)(H,36,40)/b19-12+/t28-,29+/m0/s1. The number of hydrogen-bond donors (Lipinski definition) is 2. The molecule has 1 aliphatic heterocycles. The fourth-order valence-electron chi connectivity index (χ4n) is 4.87. The molecule has 1 aliphatic rings. The molecule has 0 aliphatic carbocycles. The molecule has 2 atom stereocenters. The highest BCUT2D eigenvalue weighted by Crippen LogP contribution is 2.26. The molecule has 1 heterocycles. The fourth-order valence-corrected chi connectivity index (χ4v) is 4.87. The number of benzene rings is 3. The maximum absolute atomic E-state index is 13.7. The zero-order chi connectivity index (χ0) is 31.5. The number of carbonyl (C=O) groups is 5. The number of rotatable bonds is 14. The van der Waals surface area contributed by atoms with Crippen LogP contribution in [0.25, 0.3) is 6.08 Å². The third kappa shape index (κ3) is 8.48. The highest BCUT2D eigenvalue weighted by Gasteiger charge is 2.47. The SMILES string of the molecule is CC(C)C[C@@H](C(=O)NN1C(=O)C(=O)N(Cc2ccccc2)C1=O)[C@H](C/C=C/c1ccccc1)C(=O)NOCc1ccccc1. The lowest BCUT2D eigenvalue weighted by atomic mass is 9.82. The van der Waals surface area contributed by atoms with Crippen molar-refractivity contribution in [3.05, 3.63) is 114 Å². The number of allylic oxidation sites excluding steroid dienone is 1. The summed E-state index contributed by atoms with van der Waals surface area (Å²) in [6.07, 6.45) is 4.08. The third-order valence-electron chi connectivity index (χ3n) is 7.10. The van der Waals surface area contributed by atoms with Crippen LogP contribution in [0.15, 0.2) is 97.1 Å². The van der Waals surface area contributed by atoms with E-state index in [0.29, 0.717) is 10.6 Å². The van der Waals surface area contributed by atoms with Gasteiger partial charge in [0.05, 0.1) is 25.0 Å². The summed E-state index contributed by atoms with van der Waals surface area (Å²) in [7, 11) is 0. The molecule has 0 saturated carbocycles. The average molecular weight is 597 g/mol. The molecule has 1 saturated heterocycles. The maximum Gasteiger partial charge on any atom is 0.353 e. The predicted octanol–water partition coefficient (Wildman–Crippen LogP) is 4.64. The molecule has 228 valence electrons. The van der Waals surface area contributed by atoms with Gasteiger partial charge in [-0.2, -0.15) is 5.01 Å². The number of urea groups is 1. The van der Waals surface area contributed by atoms with Crippen LogP contribution in [0.5, 0.6) is 0 Å². The molecule has 10 heteroatoms. The Morgan fingerprint density at radius 2 is 1.36 bits per heavy atom. The van der Waals surface area contributed by atoms with Crippen LogP contribution in [0.4, 0.5) is 4.79 Å². The Hall–Kier alpha value is -5.09. The van der Waals surface area contributed by atoms with Gasteiger partial charge >= 0.3 is 17.8 Å². The second kappa shape index (κ2) is 15.4. The molecule has 3 aromatic rings. The first-order valence-electron chi connectivity index (χ1n) is 14.5. The molecule has 3 aromatic carbocycles. The molecule has 0 radical (unpaired) electrons. The van der Waals surface area contributed by atoms with Gasteiger partial charge in [0.2, 0.25) is 11.8 Å². The summed E-state index contributed by atoms with van der Waals surface area (Å²) >= 11 is 0. The van der Waals surface area contributed by atoms with Crippen molar-refractivity contribution in [2.24, 2.45) is 17.8 Å². The Labute approximate surface area is 256 Å². The molecule has 0 aromatic heterocycles. The van der Waals surface area contributed by atoms with Gasteiger partial charge in [-0.1, -0.05) is 117 Å². The number of imide groups is 2. The monoisotopic (exact) mass is 596 g/mol. The molecule has 10 nitrogen and oxygen atoms in total. The third-order valence-corrected chi connectivity index (χ3v) is 7.10. The van der Waals surface area contributed by atoms with E-state index in [4.69, 9.17) is 4.84 Å². The van der Waals surface area contributed by atoms with Crippen LogP contribution in [0.2, 0.25) is 0 Å². The van der Waals surface area contributed by atoms with E-state index in [1.807, 2.05) is 80.6 Å². The van der Waals surface area contributed by atoms with E-state index in [1.165, 1.54) is 0 Å². The Balaban J connectivity index is 1.52. The van der Waals surface area contributed by atoms with Crippen molar-refractivity contribution in [3.8, 4) is 0 Å². The summed E-state index contributed by atoms with van der Waals surface area (Å²) in [5.41, 5.74) is 7.23. The van der Waals surface area contributed by atoms with Crippen LogP contribution in [0.1, 0.15) is 43.4 Å². The van der Waals surface area contributed by atoms with Crippen LogP contribution < -0.4 is 10.9 Å². The van der Waals surface area contributed by atoms with Crippen molar-refractivity contribution in [2.75, 3.05) is 0 Å². The van der Waals surface area contributed by atoms with Crippen molar-refractivity contribution < 1.29 is 28.8 Å². The van der Waals surface area contributed by atoms with Crippen LogP contribution in [-0.2, 0) is 37.2 Å². The molecule has 0 spiro atoms. The van der Waals surface area contributed by atoms with Crippen LogP contribution in [0, 0.1) is 17.8 Å². The lowest BCUT2D eigenvalue weighted by molar-refractivity contribution is -0.149. The Kier molecular flexibility index (Phi) is 11.1. The normalized spacial score (nSPS) is 14.8. The second-order valence-electron chi connectivity index (χ2n) is 10.9. The number of amides is 6. The van der Waals surface area contributed by atoms with Gasteiger partial charge in [0.15, 0.2) is 0 Å². The second-order valence-corrected chi connectivity index (χ2v) is 10.9. The Bertz CT molecular complexity index is 1480. The zero-order valence-electron chi connectivity index (χ0n) is 24.7. The maximum atomic E-state index is 13.7. The molecule has 4 rings (SSSR count). The number of nitrogens with zero attached hydrogens (tertiary/aromatic N) is 2. The minimum atomic E-state index is -1.17. The Morgan fingerprint density at radius 3 is 1.98 bits per heavy atom. The topological polar surface area (TPSA) is 125 Å². The summed E-state index contributed by atoms with van der Waals surface area (Å²) in [6, 6.07) is 26.6. The van der Waals surface area contributed by atoms with Gasteiger partial charge in [-0.05, 0) is 35.4 Å². The average Bonchev–Trinajstić information content (AvgIpc) is 3.22. The largest absolute Gasteiger partial charge is 0.353 e. The van der Waals surface area contributed by atoms with Gasteiger partial charge in [-0.15, -0.1) is 0 Å². The van der Waals surface area contributed by atoms with Gasteiger partial charge in [-0.25, -0.2) is 15.2 Å². The lowest BCUT2D eigenvalue weighted by Gasteiger charge is -2.27. The van der Waals surface area contributed by atoms with E-state index in [9.17, 15) is 24.0 Å². The molecule has 6 amide bonds. The zero-order valence-corrected chi connectivity index (χ0v) is 24.7. The number of hydrogen-bond acceptors (Lipinski definition) is 6. The van der Waals surface area contributed by atoms with Crippen LogP contribution in [0.3, 0.4) is 0 Å². The molecular weight excluding hydrogens is 560 g/mol. The number of hydroxylamine groups is 1. The summed E-state index contributed by atoms with van der Waals surface area (Å²) in [5, 5.41) is 0.432. The summed E-state index contributed by atoms with van der Waals surface area (Å²) < 4.78 is 0. The number of carbonyl (C=O) groups excluding carboxylic acids is 5. The van der Waals surface area contributed by atoms with Crippen molar-refractivity contribution in [2.45, 2.75) is 39.8 Å². The molecular formula is C34H36N4O6. The molecule has 1 fully saturated rings. The lowest BCUT2D eigenvalue weighted by Crippen LogP contribution is -2.51. The fraction of sp³-hybridized carbons (Fsp3) is 0.265. The van der Waals surface area contributed by atoms with Gasteiger partial charge in [0.1, 0.15) is 0 Å². The predicted molar refractivity (Wildman–Crippen MR) is 163 cm³/mol. The molecule has 0 unspecified atom stereocenters. The minimum Gasteiger partial charge on any atom is -0.273 e. The summed E-state index contributed by atoms with van der Waals surface area (Å²) in [5.74, 6) is -5.38. The van der Waals surface area contributed by atoms with Crippen LogP contribution >= 0.6 is 0 Å². The van der Waals surface area contributed by atoms with E-state index in [-0.39, 0.29) is 31.9 Å². The van der Waals surface area contributed by atoms with E-state index >= 15 is 0 Å². The molecule has 44 heavy (non-hydrogen) atoms. The Morgan fingerprint density at radius 1 is 0.773 bits per heavy atom. The number of nitrogens with one attached hydrogen (secondary N) is 2. The first-order valence-corrected chi connectivity index (χ1v) is 14.5. The first kappa shape index (κ1) is 31.8. The molecule has 2 N–H and O–H groups in total. The van der Waals surface area contributed by atoms with Crippen LogP contribution in [-0.4, -0.2) is 39.6 Å². The van der Waals surface area contributed by atoms with Gasteiger partial charge in [-0.3, -0.25) is 29.4 Å².